The molecule has 2 N–H and O–H groups in total. The van der Waals surface area contributed by atoms with Crippen LogP contribution in [0, 0.1) is 0 Å². The SMILES string of the molecule is CCCCCCC(N)Cc1ccn(C2CCCCC2)n1. The van der Waals surface area contributed by atoms with Gasteiger partial charge in [-0.3, -0.25) is 4.68 Å². The molecule has 1 aromatic rings. The number of rotatable bonds is 8. The molecule has 1 fully saturated rings. The van der Waals surface area contributed by atoms with Crippen LogP contribution in [0.2, 0.25) is 0 Å². The van der Waals surface area contributed by atoms with Crippen LogP contribution in [0.3, 0.4) is 0 Å². The Labute approximate surface area is 123 Å². The standard InChI is InChI=1S/C17H31N3/c1-2-3-4-6-9-15(18)14-16-12-13-20(19-16)17-10-7-5-8-11-17/h12-13,15,17H,2-11,14,18H2,1H3. The van der Waals surface area contributed by atoms with Crippen molar-refractivity contribution >= 4 is 0 Å². The van der Waals surface area contributed by atoms with Gasteiger partial charge in [-0.1, -0.05) is 51.9 Å². The van der Waals surface area contributed by atoms with E-state index in [1.54, 1.807) is 0 Å². The molecule has 2 rings (SSSR count). The summed E-state index contributed by atoms with van der Waals surface area (Å²) >= 11 is 0. The monoisotopic (exact) mass is 277 g/mol. The molecule has 0 spiro atoms. The molecule has 0 bridgehead atoms. The van der Waals surface area contributed by atoms with Crippen molar-refractivity contribution in [2.75, 3.05) is 0 Å². The van der Waals surface area contributed by atoms with Crippen LogP contribution in [0.15, 0.2) is 12.3 Å². The maximum atomic E-state index is 6.23. The molecule has 1 atom stereocenters. The quantitative estimate of drug-likeness (QED) is 0.723. The van der Waals surface area contributed by atoms with Gasteiger partial charge in [-0.2, -0.15) is 5.10 Å². The van der Waals surface area contributed by atoms with Crippen molar-refractivity contribution in [3.8, 4) is 0 Å². The number of nitrogens with zero attached hydrogens (tertiary/aromatic N) is 2. The Bertz CT molecular complexity index is 366. The van der Waals surface area contributed by atoms with Gasteiger partial charge in [-0.15, -0.1) is 0 Å². The van der Waals surface area contributed by atoms with Crippen LogP contribution in [0.1, 0.15) is 82.9 Å². The summed E-state index contributed by atoms with van der Waals surface area (Å²) in [6.07, 6.45) is 16.1. The van der Waals surface area contributed by atoms with Crippen LogP contribution in [-0.4, -0.2) is 15.8 Å². The fourth-order valence-corrected chi connectivity index (χ4v) is 3.24. The number of unbranched alkanes of at least 4 members (excludes halogenated alkanes) is 3. The molecular formula is C17H31N3. The lowest BCUT2D eigenvalue weighted by molar-refractivity contribution is 0.327. The molecule has 1 heterocycles. The van der Waals surface area contributed by atoms with E-state index >= 15 is 0 Å². The second-order valence-corrected chi connectivity index (χ2v) is 6.39. The molecule has 0 aromatic carbocycles. The van der Waals surface area contributed by atoms with Crippen LogP contribution in [0.4, 0.5) is 0 Å². The van der Waals surface area contributed by atoms with E-state index in [0.717, 1.165) is 12.8 Å². The highest BCUT2D eigenvalue weighted by atomic mass is 15.3. The first-order valence-corrected chi connectivity index (χ1v) is 8.59. The highest BCUT2D eigenvalue weighted by molar-refractivity contribution is 5.02. The number of hydrogen-bond acceptors (Lipinski definition) is 2. The molecule has 20 heavy (non-hydrogen) atoms. The van der Waals surface area contributed by atoms with Crippen molar-refractivity contribution in [3.63, 3.8) is 0 Å². The van der Waals surface area contributed by atoms with Gasteiger partial charge in [0, 0.05) is 18.7 Å². The number of aromatic nitrogens is 2. The first-order valence-electron chi connectivity index (χ1n) is 8.59. The summed E-state index contributed by atoms with van der Waals surface area (Å²) in [5.41, 5.74) is 7.41. The van der Waals surface area contributed by atoms with Gasteiger partial charge >= 0.3 is 0 Å². The van der Waals surface area contributed by atoms with Gasteiger partial charge in [0.15, 0.2) is 0 Å². The molecule has 0 radical (unpaired) electrons. The van der Waals surface area contributed by atoms with Crippen LogP contribution in [-0.2, 0) is 6.42 Å². The fourth-order valence-electron chi connectivity index (χ4n) is 3.24. The van der Waals surface area contributed by atoms with Crippen LogP contribution < -0.4 is 5.73 Å². The van der Waals surface area contributed by atoms with Gasteiger partial charge in [0.2, 0.25) is 0 Å². The maximum absolute atomic E-state index is 6.23. The lowest BCUT2D eigenvalue weighted by Crippen LogP contribution is -2.23. The van der Waals surface area contributed by atoms with Crippen molar-refractivity contribution in [1.29, 1.82) is 0 Å². The second-order valence-electron chi connectivity index (χ2n) is 6.39. The zero-order valence-electron chi connectivity index (χ0n) is 13.1. The maximum Gasteiger partial charge on any atom is 0.0640 e. The number of nitrogens with two attached hydrogens (primary N) is 1. The number of hydrogen-bond donors (Lipinski definition) is 1. The van der Waals surface area contributed by atoms with Gasteiger partial charge in [-0.05, 0) is 25.3 Å². The largest absolute Gasteiger partial charge is 0.327 e. The molecule has 3 heteroatoms. The summed E-state index contributed by atoms with van der Waals surface area (Å²) in [5, 5.41) is 4.75. The van der Waals surface area contributed by atoms with Crippen molar-refractivity contribution in [2.45, 2.75) is 89.6 Å². The molecule has 1 unspecified atom stereocenters. The fraction of sp³-hybridized carbons (Fsp3) is 0.824. The lowest BCUT2D eigenvalue weighted by atomic mass is 9.96. The highest BCUT2D eigenvalue weighted by Gasteiger charge is 2.16. The van der Waals surface area contributed by atoms with Crippen molar-refractivity contribution < 1.29 is 0 Å². The molecule has 0 amide bonds. The molecule has 1 aliphatic rings. The molecule has 3 nitrogen and oxygen atoms in total. The van der Waals surface area contributed by atoms with Gasteiger partial charge in [0.05, 0.1) is 11.7 Å². The van der Waals surface area contributed by atoms with E-state index in [1.165, 1.54) is 63.5 Å². The summed E-state index contributed by atoms with van der Waals surface area (Å²) in [6.45, 7) is 2.25. The molecule has 1 saturated carbocycles. The molecule has 0 saturated heterocycles. The first kappa shape index (κ1) is 15.6. The van der Waals surface area contributed by atoms with E-state index in [4.69, 9.17) is 10.8 Å². The minimum Gasteiger partial charge on any atom is -0.327 e. The van der Waals surface area contributed by atoms with Gasteiger partial charge in [0.1, 0.15) is 0 Å². The van der Waals surface area contributed by atoms with Gasteiger partial charge in [0.25, 0.3) is 0 Å². The third kappa shape index (κ3) is 4.93. The molecule has 1 aliphatic carbocycles. The van der Waals surface area contributed by atoms with E-state index in [2.05, 4.69) is 23.9 Å². The van der Waals surface area contributed by atoms with Crippen LogP contribution in [0.25, 0.3) is 0 Å². The third-order valence-electron chi connectivity index (χ3n) is 4.51. The smallest absolute Gasteiger partial charge is 0.0640 e. The van der Waals surface area contributed by atoms with Crippen LogP contribution >= 0.6 is 0 Å². The third-order valence-corrected chi connectivity index (χ3v) is 4.51. The van der Waals surface area contributed by atoms with E-state index in [1.807, 2.05) is 0 Å². The summed E-state index contributed by atoms with van der Waals surface area (Å²) in [4.78, 5) is 0. The Balaban J connectivity index is 1.74. The minimum absolute atomic E-state index is 0.279. The average Bonchev–Trinajstić information content (AvgIpc) is 2.93. The summed E-state index contributed by atoms with van der Waals surface area (Å²) in [5.74, 6) is 0. The Morgan fingerprint density at radius 2 is 2.05 bits per heavy atom. The zero-order chi connectivity index (χ0) is 14.2. The van der Waals surface area contributed by atoms with E-state index < -0.39 is 0 Å². The Morgan fingerprint density at radius 3 is 2.80 bits per heavy atom. The van der Waals surface area contributed by atoms with Crippen molar-refractivity contribution in [2.24, 2.45) is 5.73 Å². The van der Waals surface area contributed by atoms with Crippen molar-refractivity contribution in [3.05, 3.63) is 18.0 Å². The minimum atomic E-state index is 0.279. The summed E-state index contributed by atoms with van der Waals surface area (Å²) < 4.78 is 2.19. The predicted molar refractivity (Wildman–Crippen MR) is 84.8 cm³/mol. The summed E-state index contributed by atoms with van der Waals surface area (Å²) in [6, 6.07) is 3.08. The first-order chi connectivity index (χ1) is 9.79. The Hall–Kier alpha value is -0.830. The van der Waals surface area contributed by atoms with E-state index in [0.29, 0.717) is 6.04 Å². The normalized spacial score (nSPS) is 18.3. The van der Waals surface area contributed by atoms with Crippen LogP contribution in [0.5, 0.6) is 0 Å². The topological polar surface area (TPSA) is 43.8 Å². The van der Waals surface area contributed by atoms with Gasteiger partial charge in [-0.25, -0.2) is 0 Å². The van der Waals surface area contributed by atoms with Gasteiger partial charge < -0.3 is 5.73 Å². The Kier molecular flexibility index (Phi) is 6.58. The molecule has 0 aliphatic heterocycles. The predicted octanol–water partition coefficient (Wildman–Crippen LogP) is 4.23. The molecule has 114 valence electrons. The lowest BCUT2D eigenvalue weighted by Gasteiger charge is -2.21. The van der Waals surface area contributed by atoms with E-state index in [-0.39, 0.29) is 6.04 Å². The van der Waals surface area contributed by atoms with Crippen molar-refractivity contribution in [1.82, 2.24) is 9.78 Å². The summed E-state index contributed by atoms with van der Waals surface area (Å²) in [7, 11) is 0. The Morgan fingerprint density at radius 1 is 1.25 bits per heavy atom. The van der Waals surface area contributed by atoms with E-state index in [9.17, 15) is 0 Å². The zero-order valence-corrected chi connectivity index (χ0v) is 13.1. The molecule has 1 aromatic heterocycles. The highest BCUT2D eigenvalue weighted by Crippen LogP contribution is 2.27. The average molecular weight is 277 g/mol. The molecular weight excluding hydrogens is 246 g/mol. The second kappa shape index (κ2) is 8.46.